The highest BCUT2D eigenvalue weighted by molar-refractivity contribution is 6.22. The largest absolute Gasteiger partial charge is 0.504 e. The number of hydrogen-bond acceptors (Lipinski definition) is 13. The van der Waals surface area contributed by atoms with Gasteiger partial charge in [-0.15, -0.1) is 0 Å². The summed E-state index contributed by atoms with van der Waals surface area (Å²) in [6.45, 7) is 2.59. The SMILES string of the molecule is COc1cc2c(=O)oc3c(O[C@H]4O[C@@H](C)[C@H](OC(C)=O)[C@@H](O)[C@H]4O)c(O)cc4c(=O)oc(c1O)c2c34. The van der Waals surface area contributed by atoms with Gasteiger partial charge in [0, 0.05) is 17.7 Å². The van der Waals surface area contributed by atoms with Gasteiger partial charge in [0.25, 0.3) is 0 Å². The third-order valence-corrected chi connectivity index (χ3v) is 6.05. The molecule has 13 nitrogen and oxygen atoms in total. The lowest BCUT2D eigenvalue weighted by molar-refractivity contribution is -0.272. The van der Waals surface area contributed by atoms with Crippen LogP contribution in [0.15, 0.2) is 30.6 Å². The minimum atomic E-state index is -1.76. The van der Waals surface area contributed by atoms with E-state index in [1.807, 2.05) is 0 Å². The summed E-state index contributed by atoms with van der Waals surface area (Å²) in [5, 5.41) is 41.9. The molecule has 36 heavy (non-hydrogen) atoms. The van der Waals surface area contributed by atoms with Crippen LogP contribution in [0.2, 0.25) is 0 Å². The van der Waals surface area contributed by atoms with E-state index in [2.05, 4.69) is 0 Å². The summed E-state index contributed by atoms with van der Waals surface area (Å²) in [6.07, 6.45) is -7.13. The molecule has 13 heteroatoms. The second-order valence-corrected chi connectivity index (χ2v) is 8.32. The Bertz CT molecular complexity index is 1620. The minimum Gasteiger partial charge on any atom is -0.504 e. The smallest absolute Gasteiger partial charge is 0.344 e. The molecule has 0 radical (unpaired) electrons. The number of phenolic OH excluding ortho intramolecular Hbond substituents is 2. The zero-order chi connectivity index (χ0) is 26.0. The lowest BCUT2D eigenvalue weighted by Gasteiger charge is -2.40. The lowest BCUT2D eigenvalue weighted by atomic mass is 9.99. The molecule has 3 heterocycles. The van der Waals surface area contributed by atoms with Gasteiger partial charge in [-0.05, 0) is 19.1 Å². The molecule has 1 fully saturated rings. The molecule has 0 bridgehead atoms. The molecule has 1 aliphatic rings. The summed E-state index contributed by atoms with van der Waals surface area (Å²) in [6, 6.07) is 2.21. The third-order valence-electron chi connectivity index (χ3n) is 6.05. The van der Waals surface area contributed by atoms with E-state index in [0.717, 1.165) is 13.0 Å². The fraction of sp³-hybridized carbons (Fsp3) is 0.348. The number of phenols is 2. The van der Waals surface area contributed by atoms with E-state index in [1.165, 1.54) is 20.1 Å². The molecule has 0 unspecified atom stereocenters. The van der Waals surface area contributed by atoms with Crippen molar-refractivity contribution in [1.29, 1.82) is 0 Å². The molecule has 0 amide bonds. The third kappa shape index (κ3) is 3.39. The zero-order valence-corrected chi connectivity index (χ0v) is 19.0. The number of methoxy groups -OCH3 is 1. The normalized spacial score (nSPS) is 24.4. The Morgan fingerprint density at radius 2 is 1.58 bits per heavy atom. The highest BCUT2D eigenvalue weighted by Crippen LogP contribution is 2.45. The number of aromatic hydroxyl groups is 2. The number of ether oxygens (including phenoxy) is 4. The van der Waals surface area contributed by atoms with Crippen LogP contribution in [0.25, 0.3) is 32.7 Å². The van der Waals surface area contributed by atoms with Crippen LogP contribution < -0.4 is 20.7 Å². The molecule has 1 saturated heterocycles. The fourth-order valence-electron chi connectivity index (χ4n) is 4.40. The van der Waals surface area contributed by atoms with E-state index in [9.17, 15) is 34.8 Å². The first-order valence-corrected chi connectivity index (χ1v) is 10.7. The average Bonchev–Trinajstić information content (AvgIpc) is 2.82. The summed E-state index contributed by atoms with van der Waals surface area (Å²) in [4.78, 5) is 36.9. The number of rotatable bonds is 4. The number of carbonyl (C=O) groups is 1. The van der Waals surface area contributed by atoms with Crippen LogP contribution in [0.4, 0.5) is 0 Å². The summed E-state index contributed by atoms with van der Waals surface area (Å²) < 4.78 is 31.8. The Kier molecular flexibility index (Phi) is 5.43. The number of aliphatic hydroxyl groups is 2. The Morgan fingerprint density at radius 1 is 0.972 bits per heavy atom. The van der Waals surface area contributed by atoms with Gasteiger partial charge in [-0.2, -0.15) is 0 Å². The number of benzene rings is 2. The Hall–Kier alpha value is -4.07. The van der Waals surface area contributed by atoms with Crippen LogP contribution in [0, 0.1) is 0 Å². The van der Waals surface area contributed by atoms with Gasteiger partial charge in [-0.3, -0.25) is 4.79 Å². The van der Waals surface area contributed by atoms with Gasteiger partial charge in [0.2, 0.25) is 17.8 Å². The van der Waals surface area contributed by atoms with Gasteiger partial charge in [-0.1, -0.05) is 0 Å². The van der Waals surface area contributed by atoms with Gasteiger partial charge in [0.1, 0.15) is 12.2 Å². The standard InChI is InChI=1S/C23H20O13/c1-6-17(33-7(2)24)15(27)16(28)23(32-6)36-18-10(25)4-8-13-12-9(22(30)35-20(13)18)5-11(31-3)14(26)19(12)34-21(8)29/h4-6,15-17,23,25-28H,1-3H3/t6-,15-,16+,17-,23+/m0/s1. The molecule has 0 spiro atoms. The van der Waals surface area contributed by atoms with E-state index < -0.39 is 70.8 Å². The van der Waals surface area contributed by atoms with Gasteiger partial charge in [-0.25, -0.2) is 9.59 Å². The van der Waals surface area contributed by atoms with Crippen LogP contribution in [-0.2, 0) is 14.3 Å². The van der Waals surface area contributed by atoms with Crippen LogP contribution in [0.1, 0.15) is 13.8 Å². The zero-order valence-electron chi connectivity index (χ0n) is 19.0. The highest BCUT2D eigenvalue weighted by atomic mass is 16.7. The van der Waals surface area contributed by atoms with Crippen molar-refractivity contribution in [3.05, 3.63) is 33.0 Å². The molecule has 5 atom stereocenters. The van der Waals surface area contributed by atoms with Crippen molar-refractivity contribution >= 4 is 38.7 Å². The van der Waals surface area contributed by atoms with Crippen molar-refractivity contribution in [1.82, 2.24) is 0 Å². The molecule has 4 aromatic rings. The maximum atomic E-state index is 12.9. The minimum absolute atomic E-state index is 0.00689. The summed E-state index contributed by atoms with van der Waals surface area (Å²) in [5.41, 5.74) is -2.65. The van der Waals surface area contributed by atoms with Gasteiger partial charge < -0.3 is 48.2 Å². The van der Waals surface area contributed by atoms with Gasteiger partial charge in [0.15, 0.2) is 28.8 Å². The monoisotopic (exact) mass is 504 g/mol. The van der Waals surface area contributed by atoms with Crippen molar-refractivity contribution in [3.8, 4) is 23.0 Å². The van der Waals surface area contributed by atoms with Crippen molar-refractivity contribution in [2.45, 2.75) is 44.6 Å². The molecule has 1 aliphatic heterocycles. The topological polar surface area (TPSA) is 195 Å². The Morgan fingerprint density at radius 3 is 2.22 bits per heavy atom. The number of hydrogen-bond donors (Lipinski definition) is 4. The molecule has 0 saturated carbocycles. The van der Waals surface area contributed by atoms with Crippen LogP contribution in [0.3, 0.4) is 0 Å². The first-order valence-electron chi connectivity index (χ1n) is 10.7. The van der Waals surface area contributed by atoms with Gasteiger partial charge in [0.05, 0.1) is 24.0 Å². The fourth-order valence-corrected chi connectivity index (χ4v) is 4.40. The van der Waals surface area contributed by atoms with E-state index in [4.69, 9.17) is 27.8 Å². The first kappa shape index (κ1) is 23.7. The van der Waals surface area contributed by atoms with Gasteiger partial charge >= 0.3 is 17.2 Å². The Balaban J connectivity index is 1.70. The van der Waals surface area contributed by atoms with Crippen molar-refractivity contribution in [2.75, 3.05) is 7.11 Å². The summed E-state index contributed by atoms with van der Waals surface area (Å²) >= 11 is 0. The first-order chi connectivity index (χ1) is 17.0. The molecular weight excluding hydrogens is 484 g/mol. The molecule has 2 aromatic carbocycles. The van der Waals surface area contributed by atoms with E-state index >= 15 is 0 Å². The van der Waals surface area contributed by atoms with Crippen molar-refractivity contribution in [3.63, 3.8) is 0 Å². The van der Waals surface area contributed by atoms with Crippen molar-refractivity contribution in [2.24, 2.45) is 0 Å². The van der Waals surface area contributed by atoms with Crippen LogP contribution >= 0.6 is 0 Å². The molecule has 4 N–H and O–H groups in total. The molecular formula is C23H20O13. The molecule has 190 valence electrons. The second kappa shape index (κ2) is 8.26. The average molecular weight is 504 g/mol. The lowest BCUT2D eigenvalue weighted by Crippen LogP contribution is -2.59. The number of aliphatic hydroxyl groups excluding tert-OH is 2. The summed E-state index contributed by atoms with van der Waals surface area (Å²) in [5.74, 6) is -2.53. The van der Waals surface area contributed by atoms with Crippen LogP contribution in [0.5, 0.6) is 23.0 Å². The van der Waals surface area contributed by atoms with Crippen LogP contribution in [-0.4, -0.2) is 64.2 Å². The predicted molar refractivity (Wildman–Crippen MR) is 120 cm³/mol. The summed E-state index contributed by atoms with van der Waals surface area (Å²) in [7, 11) is 1.24. The quantitative estimate of drug-likeness (QED) is 0.172. The number of esters is 1. The number of carbonyl (C=O) groups excluding carboxylic acids is 1. The Labute approximate surface area is 199 Å². The second-order valence-electron chi connectivity index (χ2n) is 8.32. The maximum absolute atomic E-state index is 12.9. The molecule has 0 aliphatic carbocycles. The van der Waals surface area contributed by atoms with Crippen molar-refractivity contribution < 1.29 is 53.0 Å². The predicted octanol–water partition coefficient (Wildman–Crippen LogP) is 0.687. The van der Waals surface area contributed by atoms with E-state index in [-0.39, 0.29) is 32.9 Å². The van der Waals surface area contributed by atoms with E-state index in [1.54, 1.807) is 0 Å². The molecule has 5 rings (SSSR count). The van der Waals surface area contributed by atoms with E-state index in [0.29, 0.717) is 0 Å². The highest BCUT2D eigenvalue weighted by Gasteiger charge is 2.46. The molecule has 2 aromatic heterocycles. The maximum Gasteiger partial charge on any atom is 0.344 e.